The van der Waals surface area contributed by atoms with E-state index >= 15 is 0 Å². The number of amides is 1. The Morgan fingerprint density at radius 1 is 1.11 bits per heavy atom. The SMILES string of the molecule is CC#C[C@H](C)[C@H](NC(=O)OCC1c2ccccc2-c2ccccc21)C(=O)O. The summed E-state index contributed by atoms with van der Waals surface area (Å²) < 4.78 is 5.39. The van der Waals surface area contributed by atoms with Crippen molar-refractivity contribution in [2.24, 2.45) is 5.92 Å². The number of alkyl carbamates (subject to hydrolysis) is 1. The molecule has 138 valence electrons. The summed E-state index contributed by atoms with van der Waals surface area (Å²) in [7, 11) is 0. The summed E-state index contributed by atoms with van der Waals surface area (Å²) in [4.78, 5) is 23.6. The summed E-state index contributed by atoms with van der Waals surface area (Å²) in [6, 6.07) is 14.9. The third-order valence-electron chi connectivity index (χ3n) is 4.76. The fourth-order valence-electron chi connectivity index (χ4n) is 3.48. The smallest absolute Gasteiger partial charge is 0.407 e. The highest BCUT2D eigenvalue weighted by atomic mass is 16.5. The van der Waals surface area contributed by atoms with Crippen LogP contribution in [0.25, 0.3) is 11.1 Å². The Labute approximate surface area is 158 Å². The molecule has 0 bridgehead atoms. The molecule has 0 saturated carbocycles. The molecule has 0 spiro atoms. The number of hydrogen-bond donors (Lipinski definition) is 2. The number of rotatable bonds is 5. The Hall–Kier alpha value is -3.26. The van der Waals surface area contributed by atoms with Gasteiger partial charge in [-0.2, -0.15) is 0 Å². The van der Waals surface area contributed by atoms with Crippen LogP contribution >= 0.6 is 0 Å². The lowest BCUT2D eigenvalue weighted by Gasteiger charge is -2.19. The van der Waals surface area contributed by atoms with Gasteiger partial charge in [0.2, 0.25) is 0 Å². The summed E-state index contributed by atoms with van der Waals surface area (Å²) in [5.74, 6) is 3.69. The molecule has 27 heavy (non-hydrogen) atoms. The number of hydrogen-bond acceptors (Lipinski definition) is 3. The first-order valence-corrected chi connectivity index (χ1v) is 8.79. The number of ether oxygens (including phenoxy) is 1. The fourth-order valence-corrected chi connectivity index (χ4v) is 3.48. The average molecular weight is 363 g/mol. The van der Waals surface area contributed by atoms with Crippen molar-refractivity contribution in [1.82, 2.24) is 5.32 Å². The van der Waals surface area contributed by atoms with Crippen molar-refractivity contribution >= 4 is 12.1 Å². The Balaban J connectivity index is 1.72. The van der Waals surface area contributed by atoms with Crippen LogP contribution in [0.1, 0.15) is 30.9 Å². The van der Waals surface area contributed by atoms with Gasteiger partial charge in [0.05, 0.1) is 0 Å². The van der Waals surface area contributed by atoms with Crippen LogP contribution in [0.2, 0.25) is 0 Å². The standard InChI is InChI=1S/C22H21NO4/c1-3-8-14(2)20(21(24)25)23-22(26)27-13-19-17-11-6-4-9-15(17)16-10-5-7-12-18(16)19/h4-7,9-12,14,19-20H,13H2,1-2H3,(H,23,26)(H,24,25)/t14-,20-/m0/s1. The van der Waals surface area contributed by atoms with Gasteiger partial charge in [-0.15, -0.1) is 5.92 Å². The zero-order valence-electron chi connectivity index (χ0n) is 15.2. The van der Waals surface area contributed by atoms with Crippen LogP contribution in [-0.2, 0) is 9.53 Å². The number of carboxylic acid groups (broad SMARTS) is 1. The number of carboxylic acids is 1. The molecule has 2 N–H and O–H groups in total. The molecule has 0 heterocycles. The molecule has 0 aromatic heterocycles. The maximum atomic E-state index is 12.2. The van der Waals surface area contributed by atoms with Gasteiger partial charge in [0.15, 0.2) is 0 Å². The molecule has 2 atom stereocenters. The molecule has 5 nitrogen and oxygen atoms in total. The Morgan fingerprint density at radius 2 is 1.67 bits per heavy atom. The van der Waals surface area contributed by atoms with Gasteiger partial charge in [-0.05, 0) is 36.1 Å². The highest BCUT2D eigenvalue weighted by molar-refractivity contribution is 5.81. The van der Waals surface area contributed by atoms with E-state index in [0.717, 1.165) is 22.3 Å². The maximum absolute atomic E-state index is 12.2. The quantitative estimate of drug-likeness (QED) is 0.796. The molecular weight excluding hydrogens is 342 g/mol. The lowest BCUT2D eigenvalue weighted by molar-refractivity contribution is -0.140. The fraction of sp³-hybridized carbons (Fsp3) is 0.273. The molecular formula is C22H21NO4. The van der Waals surface area contributed by atoms with E-state index in [9.17, 15) is 14.7 Å². The summed E-state index contributed by atoms with van der Waals surface area (Å²) in [5, 5.41) is 11.7. The molecule has 2 aromatic carbocycles. The van der Waals surface area contributed by atoms with Crippen LogP contribution < -0.4 is 5.32 Å². The lowest BCUT2D eigenvalue weighted by Crippen LogP contribution is -2.45. The highest BCUT2D eigenvalue weighted by Crippen LogP contribution is 2.44. The van der Waals surface area contributed by atoms with Crippen LogP contribution in [-0.4, -0.2) is 29.8 Å². The zero-order chi connectivity index (χ0) is 19.4. The monoisotopic (exact) mass is 363 g/mol. The van der Waals surface area contributed by atoms with E-state index in [4.69, 9.17) is 4.74 Å². The molecule has 1 aliphatic carbocycles. The second kappa shape index (κ2) is 7.96. The van der Waals surface area contributed by atoms with Crippen LogP contribution in [0.3, 0.4) is 0 Å². The molecule has 0 fully saturated rings. The first-order valence-electron chi connectivity index (χ1n) is 8.79. The second-order valence-electron chi connectivity index (χ2n) is 6.47. The van der Waals surface area contributed by atoms with Crippen molar-refractivity contribution in [3.05, 3.63) is 59.7 Å². The topological polar surface area (TPSA) is 75.6 Å². The van der Waals surface area contributed by atoms with Crippen LogP contribution in [0.4, 0.5) is 4.79 Å². The minimum Gasteiger partial charge on any atom is -0.480 e. The number of carbonyl (C=O) groups is 2. The lowest BCUT2D eigenvalue weighted by atomic mass is 9.98. The Bertz CT molecular complexity index is 880. The predicted molar refractivity (Wildman–Crippen MR) is 102 cm³/mol. The second-order valence-corrected chi connectivity index (χ2v) is 6.47. The van der Waals surface area contributed by atoms with Crippen LogP contribution in [0, 0.1) is 17.8 Å². The number of aliphatic carboxylic acids is 1. The van der Waals surface area contributed by atoms with Crippen LogP contribution in [0.5, 0.6) is 0 Å². The van der Waals surface area contributed by atoms with E-state index in [1.807, 2.05) is 36.4 Å². The van der Waals surface area contributed by atoms with E-state index in [1.165, 1.54) is 0 Å². The van der Waals surface area contributed by atoms with Crippen molar-refractivity contribution in [2.75, 3.05) is 6.61 Å². The summed E-state index contributed by atoms with van der Waals surface area (Å²) in [6.45, 7) is 3.42. The van der Waals surface area contributed by atoms with E-state index in [2.05, 4.69) is 29.3 Å². The van der Waals surface area contributed by atoms with Gasteiger partial charge in [-0.3, -0.25) is 0 Å². The van der Waals surface area contributed by atoms with Gasteiger partial charge in [0.1, 0.15) is 12.6 Å². The normalized spacial score (nSPS) is 14.1. The van der Waals surface area contributed by atoms with Crippen molar-refractivity contribution in [3.8, 4) is 23.0 Å². The van der Waals surface area contributed by atoms with Crippen molar-refractivity contribution in [1.29, 1.82) is 0 Å². The highest BCUT2D eigenvalue weighted by Gasteiger charge is 2.30. The first-order chi connectivity index (χ1) is 13.0. The molecule has 0 unspecified atom stereocenters. The summed E-state index contributed by atoms with van der Waals surface area (Å²) in [5.41, 5.74) is 4.48. The van der Waals surface area contributed by atoms with Gasteiger partial charge in [-0.1, -0.05) is 54.5 Å². The maximum Gasteiger partial charge on any atom is 0.407 e. The molecule has 0 aliphatic heterocycles. The van der Waals surface area contributed by atoms with Crippen molar-refractivity contribution in [2.45, 2.75) is 25.8 Å². The third kappa shape index (κ3) is 3.80. The number of benzene rings is 2. The Morgan fingerprint density at radius 3 is 2.19 bits per heavy atom. The zero-order valence-corrected chi connectivity index (χ0v) is 15.2. The minimum atomic E-state index is -1.14. The van der Waals surface area contributed by atoms with Crippen molar-refractivity contribution in [3.63, 3.8) is 0 Å². The molecule has 0 saturated heterocycles. The summed E-state index contributed by atoms with van der Waals surface area (Å²) in [6.07, 6.45) is -0.756. The van der Waals surface area contributed by atoms with Crippen LogP contribution in [0.15, 0.2) is 48.5 Å². The van der Waals surface area contributed by atoms with E-state index < -0.39 is 24.0 Å². The summed E-state index contributed by atoms with van der Waals surface area (Å²) >= 11 is 0. The number of nitrogens with one attached hydrogen (secondary N) is 1. The number of fused-ring (bicyclic) bond motifs is 3. The van der Waals surface area contributed by atoms with E-state index in [1.54, 1.807) is 13.8 Å². The molecule has 5 heteroatoms. The molecule has 1 aliphatic rings. The largest absolute Gasteiger partial charge is 0.480 e. The van der Waals surface area contributed by atoms with Gasteiger partial charge >= 0.3 is 12.1 Å². The third-order valence-corrected chi connectivity index (χ3v) is 4.76. The van der Waals surface area contributed by atoms with Gasteiger partial charge in [0, 0.05) is 11.8 Å². The van der Waals surface area contributed by atoms with Gasteiger partial charge in [-0.25, -0.2) is 9.59 Å². The molecule has 2 aromatic rings. The molecule has 1 amide bonds. The Kier molecular flexibility index (Phi) is 5.46. The first kappa shape index (κ1) is 18.5. The number of carbonyl (C=O) groups excluding carboxylic acids is 1. The van der Waals surface area contributed by atoms with Gasteiger partial charge < -0.3 is 15.2 Å². The minimum absolute atomic E-state index is 0.0701. The van der Waals surface area contributed by atoms with Crippen molar-refractivity contribution < 1.29 is 19.4 Å². The van der Waals surface area contributed by atoms with E-state index in [-0.39, 0.29) is 12.5 Å². The van der Waals surface area contributed by atoms with E-state index in [0.29, 0.717) is 0 Å². The average Bonchev–Trinajstić information content (AvgIpc) is 2.98. The molecule has 3 rings (SSSR count). The molecule has 0 radical (unpaired) electrons. The van der Waals surface area contributed by atoms with Gasteiger partial charge in [0.25, 0.3) is 0 Å². The predicted octanol–water partition coefficient (Wildman–Crippen LogP) is 3.64.